The zero-order chi connectivity index (χ0) is 44.7. The molecular weight excluding hydrogens is 820 g/mol. The van der Waals surface area contributed by atoms with E-state index in [-0.39, 0.29) is 6.71 Å². The Morgan fingerprint density at radius 2 is 0.750 bits per heavy atom. The first-order valence-corrected chi connectivity index (χ1v) is 25.2. The van der Waals surface area contributed by atoms with Crippen molar-refractivity contribution in [2.45, 2.75) is 44.4 Å². The van der Waals surface area contributed by atoms with Gasteiger partial charge in [0.15, 0.2) is 0 Å². The third-order valence-corrected chi connectivity index (χ3v) is 16.8. The topological polar surface area (TPSA) is 6.48 Å². The molecule has 2 aliphatic heterocycles. The predicted octanol–water partition coefficient (Wildman–Crippen LogP) is 15.4. The van der Waals surface area contributed by atoms with Crippen LogP contribution in [0.25, 0.3) is 44.5 Å². The summed E-state index contributed by atoms with van der Waals surface area (Å²) in [5, 5.41) is 0. The fourth-order valence-corrected chi connectivity index (χ4v) is 13.8. The van der Waals surface area contributed by atoms with E-state index in [0.29, 0.717) is 5.92 Å². The monoisotopic (exact) mass is 872 g/mol. The number of benzene rings is 9. The summed E-state index contributed by atoms with van der Waals surface area (Å²) >= 11 is 0. The van der Waals surface area contributed by atoms with Crippen LogP contribution in [0.3, 0.4) is 0 Å². The van der Waals surface area contributed by atoms with E-state index >= 15 is 0 Å². The van der Waals surface area contributed by atoms with Crippen LogP contribution in [0.4, 0.5) is 34.1 Å². The van der Waals surface area contributed by atoms with Crippen molar-refractivity contribution in [2.75, 3.05) is 9.80 Å². The maximum absolute atomic E-state index is 2.69. The highest BCUT2D eigenvalue weighted by Crippen LogP contribution is 2.58. The summed E-state index contributed by atoms with van der Waals surface area (Å²) < 4.78 is 0. The van der Waals surface area contributed by atoms with Crippen LogP contribution in [-0.4, -0.2) is 6.71 Å². The van der Waals surface area contributed by atoms with Gasteiger partial charge in [0.25, 0.3) is 6.71 Å². The Bertz CT molecular complexity index is 3110. The number of rotatable bonds is 7. The van der Waals surface area contributed by atoms with Crippen LogP contribution < -0.4 is 26.2 Å². The molecule has 326 valence electrons. The molecule has 2 heterocycles. The summed E-state index contributed by atoms with van der Waals surface area (Å²) in [5.74, 6) is 3.92. The number of hydrogen-bond acceptors (Lipinski definition) is 2. The molecule has 9 aromatic carbocycles. The minimum atomic E-state index is 0.00670. The van der Waals surface area contributed by atoms with Crippen molar-refractivity contribution >= 4 is 57.2 Å². The van der Waals surface area contributed by atoms with E-state index < -0.39 is 0 Å². The fourth-order valence-electron chi connectivity index (χ4n) is 13.8. The smallest absolute Gasteiger partial charge is 0.252 e. The number of hydrogen-bond donors (Lipinski definition) is 0. The lowest BCUT2D eigenvalue weighted by molar-refractivity contribution is 0.0153. The molecule has 0 amide bonds. The highest BCUT2D eigenvalue weighted by atomic mass is 15.2. The normalized spacial score (nSPS) is 20.6. The Hall–Kier alpha value is -7.36. The van der Waals surface area contributed by atoms with Crippen LogP contribution in [0, 0.1) is 23.7 Å². The van der Waals surface area contributed by atoms with Gasteiger partial charge in [-0.05, 0) is 177 Å². The number of anilines is 6. The number of fused-ring (bicyclic) bond motifs is 6. The maximum atomic E-state index is 2.69. The van der Waals surface area contributed by atoms with Gasteiger partial charge in [-0.1, -0.05) is 176 Å². The Morgan fingerprint density at radius 3 is 1.22 bits per heavy atom. The summed E-state index contributed by atoms with van der Waals surface area (Å²) in [6.07, 6.45) is 8.38. The molecule has 0 spiro atoms. The molecule has 0 radical (unpaired) electrons. The van der Waals surface area contributed by atoms with E-state index in [1.165, 1.54) is 139 Å². The van der Waals surface area contributed by atoms with Crippen molar-refractivity contribution < 1.29 is 0 Å². The fraction of sp³-hybridized carbons (Fsp3) is 0.169. The van der Waals surface area contributed by atoms with Gasteiger partial charge >= 0.3 is 0 Å². The van der Waals surface area contributed by atoms with Gasteiger partial charge in [0.2, 0.25) is 0 Å². The molecule has 2 nitrogen and oxygen atoms in total. The lowest BCUT2D eigenvalue weighted by Crippen LogP contribution is -2.61. The van der Waals surface area contributed by atoms with Gasteiger partial charge in [-0.25, -0.2) is 0 Å². The molecule has 0 N–H and O–H groups in total. The van der Waals surface area contributed by atoms with Gasteiger partial charge in [-0.3, -0.25) is 0 Å². The van der Waals surface area contributed by atoms with Crippen LogP contribution in [0.1, 0.15) is 50.0 Å². The van der Waals surface area contributed by atoms with Gasteiger partial charge in [-0.15, -0.1) is 0 Å². The standard InChI is InChI=1S/C65H53BN2/c1-5-13-45(14-6-1)49-22-28-55(29-23-49)67-61-33-26-51(47-17-9-3-10-18-47)39-59(61)66-60-40-52(48-19-11-4-12-20-48)27-34-62(60)68(56-30-24-50(25-31-56)46-15-7-2-8-16-46)64-42-54(41-63(67)65(64)66)58-38-44-35-43-21-32-57(58)53(36-43)37-44/h1-20,22-31,33-34,39-44,53,57-58H,21,32,35-38H2. The zero-order valence-electron chi connectivity index (χ0n) is 38.4. The van der Waals surface area contributed by atoms with Crippen LogP contribution >= 0.6 is 0 Å². The Kier molecular flexibility index (Phi) is 9.46. The van der Waals surface area contributed by atoms with Gasteiger partial charge in [-0.2, -0.15) is 0 Å². The average molecular weight is 873 g/mol. The maximum Gasteiger partial charge on any atom is 0.252 e. The minimum absolute atomic E-state index is 0.00670. The molecule has 5 aliphatic rings. The van der Waals surface area contributed by atoms with Gasteiger partial charge in [0.1, 0.15) is 0 Å². The summed E-state index contributed by atoms with van der Waals surface area (Å²) in [6.45, 7) is 0.00670. The van der Waals surface area contributed by atoms with Crippen LogP contribution in [-0.2, 0) is 0 Å². The van der Waals surface area contributed by atoms with E-state index in [1.54, 1.807) is 0 Å². The van der Waals surface area contributed by atoms with Gasteiger partial charge in [0, 0.05) is 34.1 Å². The van der Waals surface area contributed by atoms with Crippen LogP contribution in [0.2, 0.25) is 0 Å². The second kappa shape index (κ2) is 16.2. The molecule has 0 saturated heterocycles. The molecule has 3 aliphatic carbocycles. The minimum Gasteiger partial charge on any atom is -0.311 e. The SMILES string of the molecule is c1ccc(-c2ccc(N3c4ccc(-c5ccccc5)cc4B4c5cc(-c6ccccc6)ccc5N(c5ccc(-c6ccccc6)cc5)c5cc(C6CC7CC8CCC6C(C8)C7)cc3c54)cc2)cc1. The molecule has 14 rings (SSSR count). The van der Waals surface area contributed by atoms with E-state index in [9.17, 15) is 0 Å². The first-order valence-electron chi connectivity index (χ1n) is 25.2. The zero-order valence-corrected chi connectivity index (χ0v) is 38.4. The second-order valence-electron chi connectivity index (χ2n) is 20.5. The van der Waals surface area contributed by atoms with Gasteiger partial charge < -0.3 is 9.80 Å². The molecule has 3 heteroatoms. The van der Waals surface area contributed by atoms with Crippen LogP contribution in [0.5, 0.6) is 0 Å². The van der Waals surface area contributed by atoms with Crippen molar-refractivity contribution in [2.24, 2.45) is 23.7 Å². The van der Waals surface area contributed by atoms with Gasteiger partial charge in [0.05, 0.1) is 0 Å². The predicted molar refractivity (Wildman–Crippen MR) is 287 cm³/mol. The molecule has 5 atom stereocenters. The van der Waals surface area contributed by atoms with E-state index in [4.69, 9.17) is 0 Å². The summed E-state index contributed by atoms with van der Waals surface area (Å²) in [5.41, 5.74) is 23.1. The first-order chi connectivity index (χ1) is 33.7. The Balaban J connectivity index is 1.04. The average Bonchev–Trinajstić information content (AvgIpc) is 3.41. The van der Waals surface area contributed by atoms with Crippen molar-refractivity contribution in [1.82, 2.24) is 0 Å². The molecule has 5 unspecified atom stereocenters. The summed E-state index contributed by atoms with van der Waals surface area (Å²) in [6, 6.07) is 82.3. The lowest BCUT2D eigenvalue weighted by atomic mass is 9.33. The highest BCUT2D eigenvalue weighted by Gasteiger charge is 2.48. The van der Waals surface area contributed by atoms with E-state index in [2.05, 4.69) is 228 Å². The van der Waals surface area contributed by atoms with Crippen molar-refractivity contribution in [3.63, 3.8) is 0 Å². The molecule has 3 saturated carbocycles. The molecular formula is C65H53BN2. The summed E-state index contributed by atoms with van der Waals surface area (Å²) in [7, 11) is 0. The third kappa shape index (κ3) is 6.61. The lowest BCUT2D eigenvalue weighted by Gasteiger charge is -2.52. The van der Waals surface area contributed by atoms with Crippen LogP contribution in [0.15, 0.2) is 218 Å². The molecule has 9 aromatic rings. The molecule has 68 heavy (non-hydrogen) atoms. The Labute approximate surface area is 401 Å². The third-order valence-electron chi connectivity index (χ3n) is 16.8. The van der Waals surface area contributed by atoms with Crippen molar-refractivity contribution in [3.8, 4) is 44.5 Å². The summed E-state index contributed by atoms with van der Waals surface area (Å²) in [4.78, 5) is 5.28. The first kappa shape index (κ1) is 39.8. The molecule has 3 bridgehead atoms. The van der Waals surface area contributed by atoms with Crippen molar-refractivity contribution in [3.05, 3.63) is 224 Å². The quantitative estimate of drug-likeness (QED) is 0.147. The molecule has 3 fully saturated rings. The number of nitrogens with zero attached hydrogens (tertiary/aromatic N) is 2. The largest absolute Gasteiger partial charge is 0.311 e. The Morgan fingerprint density at radius 1 is 0.338 bits per heavy atom. The van der Waals surface area contributed by atoms with Crippen molar-refractivity contribution in [1.29, 1.82) is 0 Å². The molecule has 0 aromatic heterocycles. The van der Waals surface area contributed by atoms with E-state index in [1.807, 2.05) is 0 Å². The second-order valence-corrected chi connectivity index (χ2v) is 20.5. The highest BCUT2D eigenvalue weighted by molar-refractivity contribution is 7.00. The van der Waals surface area contributed by atoms with E-state index in [0.717, 1.165) is 23.7 Å².